The van der Waals surface area contributed by atoms with Crippen LogP contribution >= 0.6 is 0 Å². The van der Waals surface area contributed by atoms with Crippen molar-refractivity contribution < 1.29 is 17.9 Å². The standard InChI is InChI=1S/C23H30N2O4S/c1-3-4-12-30(26,27)25-11-10-22-20(14-25)21-15-28-17(2)13-19(21)23(24-22)16-29-18-8-6-5-7-9-18/h5-9,17H,3-4,10-16H2,1-2H3/t17-/m0/s1. The fraction of sp³-hybridized carbons (Fsp3) is 0.522. The number of rotatable bonds is 7. The third-order valence-corrected chi connectivity index (χ3v) is 7.80. The Morgan fingerprint density at radius 2 is 2.00 bits per heavy atom. The van der Waals surface area contributed by atoms with Crippen LogP contribution in [0.5, 0.6) is 5.75 Å². The number of pyridine rings is 1. The highest BCUT2D eigenvalue weighted by atomic mass is 32.2. The molecule has 0 saturated heterocycles. The number of benzene rings is 1. The molecule has 1 atom stereocenters. The molecule has 7 heteroatoms. The molecule has 6 nitrogen and oxygen atoms in total. The minimum atomic E-state index is -3.24. The Hall–Kier alpha value is -1.96. The van der Waals surface area contributed by atoms with Crippen molar-refractivity contribution >= 4 is 10.0 Å². The Balaban J connectivity index is 1.63. The second-order valence-electron chi connectivity index (χ2n) is 8.12. The number of nitrogens with zero attached hydrogens (tertiary/aromatic N) is 2. The zero-order chi connectivity index (χ0) is 21.1. The number of ether oxygens (including phenoxy) is 2. The quantitative estimate of drug-likeness (QED) is 0.671. The van der Waals surface area contributed by atoms with Gasteiger partial charge in [0.2, 0.25) is 10.0 Å². The van der Waals surface area contributed by atoms with Crippen molar-refractivity contribution in [1.82, 2.24) is 9.29 Å². The summed E-state index contributed by atoms with van der Waals surface area (Å²) < 4.78 is 39.1. The Labute approximate surface area is 179 Å². The van der Waals surface area contributed by atoms with Crippen LogP contribution in [0.4, 0.5) is 0 Å². The van der Waals surface area contributed by atoms with Crippen molar-refractivity contribution in [3.8, 4) is 5.75 Å². The normalized spacial score (nSPS) is 19.2. The maximum atomic E-state index is 12.8. The lowest BCUT2D eigenvalue weighted by atomic mass is 9.91. The molecule has 3 heterocycles. The third-order valence-electron chi connectivity index (χ3n) is 5.90. The molecule has 0 fully saturated rings. The predicted molar refractivity (Wildman–Crippen MR) is 116 cm³/mol. The second kappa shape index (κ2) is 9.04. The molecule has 0 N–H and O–H groups in total. The molecule has 30 heavy (non-hydrogen) atoms. The highest BCUT2D eigenvalue weighted by Gasteiger charge is 2.32. The SMILES string of the molecule is CCCCS(=O)(=O)N1CCc2nc(COc3ccccc3)c3c(c2C1)CO[C@@H](C)C3. The van der Waals surface area contributed by atoms with E-state index in [0.717, 1.165) is 46.7 Å². The lowest BCUT2D eigenvalue weighted by Crippen LogP contribution is -2.39. The van der Waals surface area contributed by atoms with Gasteiger partial charge in [-0.25, -0.2) is 8.42 Å². The van der Waals surface area contributed by atoms with Crippen LogP contribution in [-0.2, 0) is 47.4 Å². The number of hydrogen-bond donors (Lipinski definition) is 0. The second-order valence-corrected chi connectivity index (χ2v) is 10.2. The van der Waals surface area contributed by atoms with Crippen LogP contribution in [0.15, 0.2) is 30.3 Å². The van der Waals surface area contributed by atoms with Gasteiger partial charge in [0.1, 0.15) is 12.4 Å². The molecule has 0 amide bonds. The first-order chi connectivity index (χ1) is 14.5. The first-order valence-electron chi connectivity index (χ1n) is 10.8. The summed E-state index contributed by atoms with van der Waals surface area (Å²) in [5.74, 6) is 1.03. The summed E-state index contributed by atoms with van der Waals surface area (Å²) in [6, 6.07) is 9.75. The Morgan fingerprint density at radius 3 is 2.77 bits per heavy atom. The van der Waals surface area contributed by atoms with Crippen LogP contribution in [-0.4, -0.2) is 36.1 Å². The van der Waals surface area contributed by atoms with Gasteiger partial charge < -0.3 is 9.47 Å². The van der Waals surface area contributed by atoms with Gasteiger partial charge in [-0.2, -0.15) is 4.31 Å². The van der Waals surface area contributed by atoms with Crippen molar-refractivity contribution in [2.45, 2.75) is 65.4 Å². The first-order valence-corrected chi connectivity index (χ1v) is 12.4. The molecule has 162 valence electrons. The van der Waals surface area contributed by atoms with Crippen LogP contribution in [0, 0.1) is 0 Å². The van der Waals surface area contributed by atoms with Crippen molar-refractivity contribution in [2.75, 3.05) is 12.3 Å². The highest BCUT2D eigenvalue weighted by Crippen LogP contribution is 2.32. The monoisotopic (exact) mass is 430 g/mol. The number of aromatic nitrogens is 1. The van der Waals surface area contributed by atoms with Crippen molar-refractivity contribution in [3.63, 3.8) is 0 Å². The van der Waals surface area contributed by atoms with E-state index in [4.69, 9.17) is 14.5 Å². The van der Waals surface area contributed by atoms with Gasteiger partial charge in [0, 0.05) is 31.6 Å². The molecule has 2 aliphatic heterocycles. The number of para-hydroxylation sites is 1. The van der Waals surface area contributed by atoms with E-state index in [-0.39, 0.29) is 11.9 Å². The van der Waals surface area contributed by atoms with Crippen molar-refractivity contribution in [3.05, 3.63) is 58.4 Å². The molecule has 1 aromatic heterocycles. The third kappa shape index (κ3) is 4.53. The Morgan fingerprint density at radius 1 is 1.20 bits per heavy atom. The number of sulfonamides is 1. The van der Waals surface area contributed by atoms with E-state index in [1.165, 1.54) is 0 Å². The summed E-state index contributed by atoms with van der Waals surface area (Å²) in [4.78, 5) is 4.95. The minimum absolute atomic E-state index is 0.112. The maximum absolute atomic E-state index is 12.8. The van der Waals surface area contributed by atoms with Gasteiger partial charge >= 0.3 is 0 Å². The summed E-state index contributed by atoms with van der Waals surface area (Å²) in [7, 11) is -3.24. The van der Waals surface area contributed by atoms with Gasteiger partial charge in [0.25, 0.3) is 0 Å². The maximum Gasteiger partial charge on any atom is 0.214 e. The highest BCUT2D eigenvalue weighted by molar-refractivity contribution is 7.89. The molecule has 2 aromatic rings. The van der Waals surface area contributed by atoms with Gasteiger partial charge in [-0.1, -0.05) is 31.5 Å². The smallest absolute Gasteiger partial charge is 0.214 e. The van der Waals surface area contributed by atoms with Crippen LogP contribution in [0.25, 0.3) is 0 Å². The van der Waals surface area contributed by atoms with E-state index in [2.05, 4.69) is 6.92 Å². The fourth-order valence-corrected chi connectivity index (χ4v) is 5.78. The molecular formula is C23H30N2O4S. The van der Waals surface area contributed by atoms with Crippen molar-refractivity contribution in [2.24, 2.45) is 0 Å². The largest absolute Gasteiger partial charge is 0.487 e. The summed E-state index contributed by atoms with van der Waals surface area (Å²) in [6.07, 6.45) is 3.07. The molecule has 4 rings (SSSR count). The summed E-state index contributed by atoms with van der Waals surface area (Å²) in [5, 5.41) is 0. The predicted octanol–water partition coefficient (Wildman–Crippen LogP) is 3.61. The lowest BCUT2D eigenvalue weighted by molar-refractivity contribution is 0.0391. The van der Waals surface area contributed by atoms with Gasteiger partial charge in [0.15, 0.2) is 0 Å². The van der Waals surface area contributed by atoms with Gasteiger partial charge in [-0.05, 0) is 42.2 Å². The first kappa shape index (κ1) is 21.3. The molecule has 2 aliphatic rings. The molecule has 0 spiro atoms. The van der Waals surface area contributed by atoms with Crippen molar-refractivity contribution in [1.29, 1.82) is 0 Å². The minimum Gasteiger partial charge on any atom is -0.487 e. The Kier molecular flexibility index (Phi) is 6.41. The Bertz CT molecular complexity index is 992. The lowest BCUT2D eigenvalue weighted by Gasteiger charge is -2.33. The van der Waals surface area contributed by atoms with E-state index in [0.29, 0.717) is 39.1 Å². The van der Waals surface area contributed by atoms with E-state index in [1.54, 1.807) is 4.31 Å². The number of hydrogen-bond acceptors (Lipinski definition) is 5. The van der Waals surface area contributed by atoms with Crippen LogP contribution < -0.4 is 4.74 Å². The van der Waals surface area contributed by atoms with E-state index in [9.17, 15) is 8.42 Å². The van der Waals surface area contributed by atoms with E-state index >= 15 is 0 Å². The summed E-state index contributed by atoms with van der Waals surface area (Å²) in [5.41, 5.74) is 5.24. The topological polar surface area (TPSA) is 68.7 Å². The molecular weight excluding hydrogens is 400 g/mol. The molecule has 0 radical (unpaired) electrons. The van der Waals surface area contributed by atoms with E-state index in [1.807, 2.05) is 37.3 Å². The zero-order valence-corrected chi connectivity index (χ0v) is 18.6. The average Bonchev–Trinajstić information content (AvgIpc) is 2.76. The summed E-state index contributed by atoms with van der Waals surface area (Å²) >= 11 is 0. The van der Waals surface area contributed by atoms with Crippen LogP contribution in [0.2, 0.25) is 0 Å². The zero-order valence-electron chi connectivity index (χ0n) is 17.8. The van der Waals surface area contributed by atoms with Gasteiger partial charge in [-0.3, -0.25) is 4.98 Å². The van der Waals surface area contributed by atoms with Gasteiger partial charge in [-0.15, -0.1) is 0 Å². The fourth-order valence-electron chi connectivity index (χ4n) is 4.18. The molecule has 1 aromatic carbocycles. The average molecular weight is 431 g/mol. The van der Waals surface area contributed by atoms with Crippen LogP contribution in [0.1, 0.15) is 54.8 Å². The molecule has 0 unspecified atom stereocenters. The van der Waals surface area contributed by atoms with E-state index < -0.39 is 10.0 Å². The number of unbranched alkanes of at least 4 members (excludes halogenated alkanes) is 1. The van der Waals surface area contributed by atoms with Crippen LogP contribution in [0.3, 0.4) is 0 Å². The van der Waals surface area contributed by atoms with Gasteiger partial charge in [0.05, 0.1) is 24.2 Å². The molecule has 0 bridgehead atoms. The summed E-state index contributed by atoms with van der Waals surface area (Å²) in [6.45, 7) is 5.87. The molecule has 0 saturated carbocycles. The number of fused-ring (bicyclic) bond motifs is 3. The molecule has 0 aliphatic carbocycles.